The van der Waals surface area contributed by atoms with Crippen molar-refractivity contribution in [1.82, 2.24) is 25.2 Å². The molecule has 0 aliphatic carbocycles. The zero-order valence-electron chi connectivity index (χ0n) is 14.0. The summed E-state index contributed by atoms with van der Waals surface area (Å²) in [6, 6.07) is 13.1. The molecule has 3 aromatic rings. The maximum atomic E-state index is 12.9. The van der Waals surface area contributed by atoms with E-state index in [0.717, 1.165) is 5.56 Å². The topological polar surface area (TPSA) is 91.5 Å². The predicted octanol–water partition coefficient (Wildman–Crippen LogP) is 1.13. The number of rotatable bonds is 3. The Hall–Kier alpha value is -2.48. The molecule has 8 heteroatoms. The van der Waals surface area contributed by atoms with E-state index in [1.54, 1.807) is 22.8 Å². The summed E-state index contributed by atoms with van der Waals surface area (Å²) in [5, 5.41) is 21.0. The fourth-order valence-electron chi connectivity index (χ4n) is 3.38. The zero-order chi connectivity index (χ0) is 17.3. The number of piperidine rings is 1. The fourth-order valence-corrected chi connectivity index (χ4v) is 3.38. The number of pyridine rings is 1. The summed E-state index contributed by atoms with van der Waals surface area (Å²) in [7, 11) is 0. The van der Waals surface area contributed by atoms with Gasteiger partial charge in [-0.25, -0.2) is 9.50 Å². The van der Waals surface area contributed by atoms with Gasteiger partial charge in [0.25, 0.3) is 5.91 Å². The number of halogens is 1. The van der Waals surface area contributed by atoms with Gasteiger partial charge in [-0.15, -0.1) is 12.4 Å². The Bertz CT molecular complexity index is 901. The lowest BCUT2D eigenvalue weighted by atomic mass is 9.79. The van der Waals surface area contributed by atoms with Gasteiger partial charge in [0.15, 0.2) is 5.65 Å². The quantitative estimate of drug-likeness (QED) is 0.640. The lowest BCUT2D eigenvalue weighted by Crippen LogP contribution is -2.61. The van der Waals surface area contributed by atoms with E-state index in [-0.39, 0.29) is 18.3 Å². The van der Waals surface area contributed by atoms with Crippen LogP contribution in [0.2, 0.25) is 0 Å². The second-order valence-corrected chi connectivity index (χ2v) is 6.24. The van der Waals surface area contributed by atoms with Crippen LogP contribution in [0.3, 0.4) is 0 Å². The number of aliphatic hydroxyl groups is 1. The number of amides is 1. The van der Waals surface area contributed by atoms with E-state index in [9.17, 15) is 9.90 Å². The second-order valence-electron chi connectivity index (χ2n) is 6.24. The van der Waals surface area contributed by atoms with Gasteiger partial charge in [-0.3, -0.25) is 4.79 Å². The molecular weight excluding hydrogens is 354 g/mol. The molecule has 1 fully saturated rings. The van der Waals surface area contributed by atoms with Crippen LogP contribution in [0, 0.1) is 0 Å². The molecule has 136 valence electrons. The minimum atomic E-state index is -0.819. The van der Waals surface area contributed by atoms with Crippen LogP contribution in [-0.2, 0) is 5.54 Å². The SMILES string of the molecule is Cl.O=C(N[C@@]1(c2ccccc2)CCNC[C@H]1O)c1ccc2ncnn2c1. The van der Waals surface area contributed by atoms with Crippen LogP contribution >= 0.6 is 12.4 Å². The van der Waals surface area contributed by atoms with Gasteiger partial charge < -0.3 is 15.7 Å². The van der Waals surface area contributed by atoms with Crippen molar-refractivity contribution in [1.29, 1.82) is 0 Å². The number of aromatic nitrogens is 3. The Morgan fingerprint density at radius 2 is 2.08 bits per heavy atom. The minimum absolute atomic E-state index is 0. The first-order chi connectivity index (χ1) is 12.2. The molecule has 0 spiro atoms. The number of benzene rings is 1. The highest BCUT2D eigenvalue weighted by Gasteiger charge is 2.42. The van der Waals surface area contributed by atoms with E-state index in [2.05, 4.69) is 20.7 Å². The molecule has 2 atom stereocenters. The Labute approximate surface area is 156 Å². The van der Waals surface area contributed by atoms with Gasteiger partial charge >= 0.3 is 0 Å². The Morgan fingerprint density at radius 1 is 1.27 bits per heavy atom. The van der Waals surface area contributed by atoms with E-state index >= 15 is 0 Å². The smallest absolute Gasteiger partial charge is 0.253 e. The number of hydrogen-bond donors (Lipinski definition) is 3. The first-order valence-electron chi connectivity index (χ1n) is 8.25. The van der Waals surface area contributed by atoms with Crippen LogP contribution in [0.4, 0.5) is 0 Å². The average Bonchev–Trinajstić information content (AvgIpc) is 3.12. The molecule has 1 amide bonds. The lowest BCUT2D eigenvalue weighted by molar-refractivity contribution is 0.0289. The lowest BCUT2D eigenvalue weighted by Gasteiger charge is -2.43. The Kier molecular flexibility index (Phi) is 5.22. The van der Waals surface area contributed by atoms with Gasteiger partial charge in [-0.1, -0.05) is 30.3 Å². The largest absolute Gasteiger partial charge is 0.389 e. The number of hydrogen-bond acceptors (Lipinski definition) is 5. The normalized spacial score (nSPS) is 22.6. The molecule has 2 aromatic heterocycles. The Morgan fingerprint density at radius 3 is 2.85 bits per heavy atom. The number of β-amino-alcohol motifs (C(OH)–C–C–N with tert-alkyl or cyclic N) is 1. The molecule has 26 heavy (non-hydrogen) atoms. The van der Waals surface area contributed by atoms with Crippen molar-refractivity contribution in [3.8, 4) is 0 Å². The van der Waals surface area contributed by atoms with Gasteiger partial charge in [0, 0.05) is 12.7 Å². The summed E-state index contributed by atoms with van der Waals surface area (Å²) in [6.07, 6.45) is 2.97. The summed E-state index contributed by atoms with van der Waals surface area (Å²) in [5.41, 5.74) is 1.23. The zero-order valence-corrected chi connectivity index (χ0v) is 14.8. The summed E-state index contributed by atoms with van der Waals surface area (Å²) >= 11 is 0. The third-order valence-electron chi connectivity index (χ3n) is 4.76. The van der Waals surface area contributed by atoms with Crippen molar-refractivity contribution in [3.63, 3.8) is 0 Å². The molecule has 0 radical (unpaired) electrons. The first kappa shape index (κ1) is 18.3. The number of nitrogens with zero attached hydrogens (tertiary/aromatic N) is 3. The molecule has 3 heterocycles. The second kappa shape index (κ2) is 7.41. The number of carbonyl (C=O) groups excluding carboxylic acids is 1. The van der Waals surface area contributed by atoms with Gasteiger partial charge in [0.2, 0.25) is 0 Å². The van der Waals surface area contributed by atoms with Crippen LogP contribution in [0.1, 0.15) is 22.3 Å². The summed E-state index contributed by atoms with van der Waals surface area (Å²) in [4.78, 5) is 17.0. The van der Waals surface area contributed by atoms with E-state index in [0.29, 0.717) is 30.7 Å². The monoisotopic (exact) mass is 373 g/mol. The third kappa shape index (κ3) is 3.16. The number of nitrogens with one attached hydrogen (secondary N) is 2. The van der Waals surface area contributed by atoms with Crippen LogP contribution < -0.4 is 10.6 Å². The van der Waals surface area contributed by atoms with Gasteiger partial charge in [-0.05, 0) is 30.7 Å². The van der Waals surface area contributed by atoms with Crippen molar-refractivity contribution in [2.45, 2.75) is 18.1 Å². The average molecular weight is 374 g/mol. The first-order valence-corrected chi connectivity index (χ1v) is 8.25. The van der Waals surface area contributed by atoms with Crippen molar-refractivity contribution >= 4 is 24.0 Å². The molecular formula is C18H20ClN5O2. The molecule has 7 nitrogen and oxygen atoms in total. The standard InChI is InChI=1S/C18H19N5O2.ClH/c24-15-10-19-9-8-18(15,14-4-2-1-3-5-14)22-17(25)13-6-7-16-20-12-21-23(16)11-13;/h1-7,11-12,15,19,24H,8-10H2,(H,22,25);1H/t15-,18-;/m1./s1. The maximum absolute atomic E-state index is 12.9. The predicted molar refractivity (Wildman–Crippen MR) is 99.3 cm³/mol. The molecule has 1 aliphatic rings. The molecule has 0 unspecified atom stereocenters. The van der Waals surface area contributed by atoms with E-state index < -0.39 is 11.6 Å². The molecule has 0 saturated carbocycles. The molecule has 3 N–H and O–H groups in total. The van der Waals surface area contributed by atoms with Crippen LogP contribution in [-0.4, -0.2) is 44.8 Å². The molecule has 1 aromatic carbocycles. The number of fused-ring (bicyclic) bond motifs is 1. The molecule has 1 saturated heterocycles. The van der Waals surface area contributed by atoms with Crippen molar-refractivity contribution in [3.05, 3.63) is 66.1 Å². The Balaban J connectivity index is 0.00000196. The van der Waals surface area contributed by atoms with Crippen LogP contribution in [0.5, 0.6) is 0 Å². The fraction of sp³-hybridized carbons (Fsp3) is 0.278. The van der Waals surface area contributed by atoms with E-state index in [4.69, 9.17) is 0 Å². The summed E-state index contributed by atoms with van der Waals surface area (Å²) in [5.74, 6) is -0.248. The maximum Gasteiger partial charge on any atom is 0.253 e. The van der Waals surface area contributed by atoms with E-state index in [1.807, 2.05) is 30.3 Å². The van der Waals surface area contributed by atoms with Gasteiger partial charge in [-0.2, -0.15) is 5.10 Å². The minimum Gasteiger partial charge on any atom is -0.389 e. The van der Waals surface area contributed by atoms with Crippen molar-refractivity contribution < 1.29 is 9.90 Å². The highest BCUT2D eigenvalue weighted by Crippen LogP contribution is 2.31. The molecule has 4 rings (SSSR count). The third-order valence-corrected chi connectivity index (χ3v) is 4.76. The number of carbonyl (C=O) groups is 1. The van der Waals surface area contributed by atoms with E-state index in [1.165, 1.54) is 6.33 Å². The van der Waals surface area contributed by atoms with Gasteiger partial charge in [0.1, 0.15) is 6.33 Å². The molecule has 0 bridgehead atoms. The van der Waals surface area contributed by atoms with Crippen LogP contribution in [0.15, 0.2) is 55.0 Å². The number of aliphatic hydroxyl groups excluding tert-OH is 1. The highest BCUT2D eigenvalue weighted by atomic mass is 35.5. The van der Waals surface area contributed by atoms with Crippen LogP contribution in [0.25, 0.3) is 5.65 Å². The summed E-state index contributed by atoms with van der Waals surface area (Å²) in [6.45, 7) is 1.14. The van der Waals surface area contributed by atoms with Crippen molar-refractivity contribution in [2.75, 3.05) is 13.1 Å². The van der Waals surface area contributed by atoms with Gasteiger partial charge in [0.05, 0.1) is 17.2 Å². The summed E-state index contributed by atoms with van der Waals surface area (Å²) < 4.78 is 1.56. The highest BCUT2D eigenvalue weighted by molar-refractivity contribution is 5.94. The molecule has 1 aliphatic heterocycles. The van der Waals surface area contributed by atoms with Crippen molar-refractivity contribution in [2.24, 2.45) is 0 Å².